The molecule has 2 rings (SSSR count). The van der Waals surface area contributed by atoms with Crippen molar-refractivity contribution in [2.75, 3.05) is 19.7 Å². The molecule has 1 aromatic carbocycles. The van der Waals surface area contributed by atoms with Crippen LogP contribution in [0.15, 0.2) is 24.3 Å². The molecule has 0 saturated carbocycles. The first-order valence-electron chi connectivity index (χ1n) is 7.66. The zero-order valence-corrected chi connectivity index (χ0v) is 12.7. The lowest BCUT2D eigenvalue weighted by Gasteiger charge is -2.44. The lowest BCUT2D eigenvalue weighted by molar-refractivity contribution is -0.0802. The van der Waals surface area contributed by atoms with Crippen molar-refractivity contribution in [1.29, 1.82) is 0 Å². The number of benzene rings is 1. The first-order valence-corrected chi connectivity index (χ1v) is 7.66. The Balaban J connectivity index is 1.96. The molecule has 3 nitrogen and oxygen atoms in total. The number of likely N-dealkylation sites (tertiary alicyclic amines) is 1. The maximum Gasteiger partial charge on any atom is 0.0745 e. The summed E-state index contributed by atoms with van der Waals surface area (Å²) < 4.78 is 0. The van der Waals surface area contributed by atoms with E-state index in [1.807, 2.05) is 0 Å². The largest absolute Gasteiger partial charge is 0.396 e. The highest BCUT2D eigenvalue weighted by Gasteiger charge is 2.40. The Kier molecular flexibility index (Phi) is 5.19. The zero-order chi connectivity index (χ0) is 14.6. The normalized spacial score (nSPS) is 27.7. The van der Waals surface area contributed by atoms with Crippen LogP contribution in [0.3, 0.4) is 0 Å². The summed E-state index contributed by atoms with van der Waals surface area (Å²) in [5.41, 5.74) is 2.28. The Morgan fingerprint density at radius 2 is 2.00 bits per heavy atom. The summed E-state index contributed by atoms with van der Waals surface area (Å²) in [6, 6.07) is 8.57. The number of hydrogen-bond acceptors (Lipinski definition) is 3. The van der Waals surface area contributed by atoms with Gasteiger partial charge in [0.2, 0.25) is 0 Å². The van der Waals surface area contributed by atoms with E-state index in [9.17, 15) is 10.2 Å². The average molecular weight is 277 g/mol. The number of hydrogen-bond donors (Lipinski definition) is 2. The Bertz CT molecular complexity index is 418. The monoisotopic (exact) mass is 277 g/mol. The highest BCUT2D eigenvalue weighted by Crippen LogP contribution is 2.36. The highest BCUT2D eigenvalue weighted by molar-refractivity contribution is 5.21. The summed E-state index contributed by atoms with van der Waals surface area (Å²) in [5, 5.41) is 20.1. The third-order valence-corrected chi connectivity index (χ3v) is 4.65. The van der Waals surface area contributed by atoms with Crippen LogP contribution in [0.2, 0.25) is 0 Å². The first-order chi connectivity index (χ1) is 9.59. The topological polar surface area (TPSA) is 43.7 Å². The van der Waals surface area contributed by atoms with Crippen LogP contribution in [0.25, 0.3) is 0 Å². The fraction of sp³-hybridized carbons (Fsp3) is 0.647. The third-order valence-electron chi connectivity index (χ3n) is 4.65. The van der Waals surface area contributed by atoms with Gasteiger partial charge in [-0.25, -0.2) is 0 Å². The number of nitrogens with zero attached hydrogens (tertiary/aromatic N) is 1. The molecule has 1 fully saturated rings. The van der Waals surface area contributed by atoms with Gasteiger partial charge in [-0.05, 0) is 31.9 Å². The Morgan fingerprint density at radius 3 is 2.55 bits per heavy atom. The van der Waals surface area contributed by atoms with Crippen molar-refractivity contribution in [1.82, 2.24) is 4.90 Å². The van der Waals surface area contributed by atoms with Gasteiger partial charge in [-0.3, -0.25) is 4.90 Å². The van der Waals surface area contributed by atoms with Gasteiger partial charge in [0, 0.05) is 18.5 Å². The molecule has 1 aromatic rings. The van der Waals surface area contributed by atoms with E-state index < -0.39 is 6.10 Å². The van der Waals surface area contributed by atoms with E-state index in [-0.39, 0.29) is 12.0 Å². The fourth-order valence-electron chi connectivity index (χ4n) is 3.23. The Morgan fingerprint density at radius 1 is 1.30 bits per heavy atom. The molecule has 3 heteroatoms. The molecule has 20 heavy (non-hydrogen) atoms. The molecule has 0 amide bonds. The van der Waals surface area contributed by atoms with Gasteiger partial charge in [-0.1, -0.05) is 43.2 Å². The van der Waals surface area contributed by atoms with Gasteiger partial charge in [-0.15, -0.1) is 0 Å². The molecule has 1 heterocycles. The van der Waals surface area contributed by atoms with Crippen LogP contribution < -0.4 is 0 Å². The van der Waals surface area contributed by atoms with E-state index in [1.165, 1.54) is 11.1 Å². The number of piperidine rings is 1. The lowest BCUT2D eigenvalue weighted by Crippen LogP contribution is -2.52. The Hall–Kier alpha value is -0.900. The third kappa shape index (κ3) is 3.40. The van der Waals surface area contributed by atoms with Crippen molar-refractivity contribution in [2.24, 2.45) is 5.41 Å². The summed E-state index contributed by atoms with van der Waals surface area (Å²) in [5.74, 6) is 0. The maximum absolute atomic E-state index is 10.4. The molecule has 2 N–H and O–H groups in total. The highest BCUT2D eigenvalue weighted by atomic mass is 16.3. The van der Waals surface area contributed by atoms with Gasteiger partial charge >= 0.3 is 0 Å². The average Bonchev–Trinajstić information content (AvgIpc) is 2.45. The molecular formula is C17H27NO2. The lowest BCUT2D eigenvalue weighted by atomic mass is 9.73. The van der Waals surface area contributed by atoms with Crippen molar-refractivity contribution in [2.45, 2.75) is 45.8 Å². The van der Waals surface area contributed by atoms with Crippen molar-refractivity contribution in [3.05, 3.63) is 35.4 Å². The second-order valence-electron chi connectivity index (χ2n) is 6.26. The standard InChI is InChI=1S/C17H27NO2/c1-3-8-17(13-19)9-10-18(12-16(17)20)11-15-6-4-14(2)5-7-15/h4-7,16,19-20H,3,8-13H2,1-2H3/t16-,17-/m1/s1. The minimum Gasteiger partial charge on any atom is -0.396 e. The van der Waals surface area contributed by atoms with Crippen LogP contribution in [-0.2, 0) is 6.54 Å². The molecular weight excluding hydrogens is 250 g/mol. The maximum atomic E-state index is 10.4. The molecule has 1 aliphatic rings. The molecule has 0 bridgehead atoms. The van der Waals surface area contributed by atoms with Crippen LogP contribution >= 0.6 is 0 Å². The van der Waals surface area contributed by atoms with E-state index in [4.69, 9.17) is 0 Å². The van der Waals surface area contributed by atoms with Gasteiger partial charge in [0.25, 0.3) is 0 Å². The van der Waals surface area contributed by atoms with Crippen LogP contribution in [0, 0.1) is 12.3 Å². The number of aryl methyl sites for hydroxylation is 1. The van der Waals surface area contributed by atoms with Crippen LogP contribution in [0.5, 0.6) is 0 Å². The van der Waals surface area contributed by atoms with E-state index in [0.29, 0.717) is 6.54 Å². The van der Waals surface area contributed by atoms with Gasteiger partial charge in [0.1, 0.15) is 0 Å². The summed E-state index contributed by atoms with van der Waals surface area (Å²) in [4.78, 5) is 2.29. The minimum absolute atomic E-state index is 0.0976. The molecule has 0 radical (unpaired) electrons. The minimum atomic E-state index is -0.424. The predicted octanol–water partition coefficient (Wildman–Crippen LogP) is 2.34. The predicted molar refractivity (Wildman–Crippen MR) is 81.5 cm³/mol. The van der Waals surface area contributed by atoms with Crippen molar-refractivity contribution in [3.8, 4) is 0 Å². The second kappa shape index (κ2) is 6.70. The van der Waals surface area contributed by atoms with Crippen molar-refractivity contribution < 1.29 is 10.2 Å². The quantitative estimate of drug-likeness (QED) is 0.868. The number of rotatable bonds is 5. The fourth-order valence-corrected chi connectivity index (χ4v) is 3.23. The van der Waals surface area contributed by atoms with Gasteiger partial charge < -0.3 is 10.2 Å². The van der Waals surface area contributed by atoms with E-state index in [2.05, 4.69) is 43.0 Å². The van der Waals surface area contributed by atoms with Gasteiger partial charge in [-0.2, -0.15) is 0 Å². The van der Waals surface area contributed by atoms with E-state index in [1.54, 1.807) is 0 Å². The van der Waals surface area contributed by atoms with Crippen LogP contribution in [-0.4, -0.2) is 40.9 Å². The smallest absolute Gasteiger partial charge is 0.0745 e. The van der Waals surface area contributed by atoms with Crippen molar-refractivity contribution >= 4 is 0 Å². The molecule has 112 valence electrons. The molecule has 0 aliphatic carbocycles. The van der Waals surface area contributed by atoms with Crippen LogP contribution in [0.4, 0.5) is 0 Å². The molecule has 0 aromatic heterocycles. The molecule has 1 saturated heterocycles. The van der Waals surface area contributed by atoms with Gasteiger partial charge in [0.05, 0.1) is 12.7 Å². The summed E-state index contributed by atoms with van der Waals surface area (Å²) in [6.45, 7) is 6.79. The van der Waals surface area contributed by atoms with Gasteiger partial charge in [0.15, 0.2) is 0 Å². The molecule has 0 unspecified atom stereocenters. The molecule has 2 atom stereocenters. The second-order valence-corrected chi connectivity index (χ2v) is 6.26. The van der Waals surface area contributed by atoms with Crippen LogP contribution in [0.1, 0.15) is 37.3 Å². The summed E-state index contributed by atoms with van der Waals surface area (Å²) in [7, 11) is 0. The molecule has 0 spiro atoms. The number of aliphatic hydroxyl groups is 2. The number of β-amino-alcohol motifs (C(OH)–C–C–N with tert-alkyl or cyclic N) is 1. The Labute approximate surface area is 122 Å². The zero-order valence-electron chi connectivity index (χ0n) is 12.7. The molecule has 1 aliphatic heterocycles. The number of aliphatic hydroxyl groups excluding tert-OH is 2. The summed E-state index contributed by atoms with van der Waals surface area (Å²) >= 11 is 0. The summed E-state index contributed by atoms with van der Waals surface area (Å²) in [6.07, 6.45) is 2.37. The van der Waals surface area contributed by atoms with E-state index >= 15 is 0 Å². The SMILES string of the molecule is CCC[C@]1(CO)CCN(Cc2ccc(C)cc2)C[C@H]1O. The van der Waals surface area contributed by atoms with E-state index in [0.717, 1.165) is 32.4 Å². The first kappa shape index (κ1) is 15.5. The van der Waals surface area contributed by atoms with Crippen molar-refractivity contribution in [3.63, 3.8) is 0 Å².